The molecule has 0 N–H and O–H groups in total. The van der Waals surface area contributed by atoms with Gasteiger partial charge in [-0.25, -0.2) is 0 Å². The van der Waals surface area contributed by atoms with Crippen LogP contribution in [0, 0.1) is 3.57 Å². The van der Waals surface area contributed by atoms with E-state index in [1.54, 1.807) is 4.50 Å². The topological polar surface area (TPSA) is 0 Å². The van der Waals surface area contributed by atoms with Crippen LogP contribution in [0.2, 0.25) is 19.6 Å². The second-order valence-electron chi connectivity index (χ2n) is 4.49. The number of hydrogen-bond donors (Lipinski definition) is 0. The number of rotatable bonds is 1. The lowest BCUT2D eigenvalue weighted by atomic mass is 10.3. The molecule has 0 nitrogen and oxygen atoms in total. The van der Waals surface area contributed by atoms with Gasteiger partial charge < -0.3 is 0 Å². The maximum Gasteiger partial charge on any atom is 0.0918 e. The van der Waals surface area contributed by atoms with E-state index in [0.717, 1.165) is 0 Å². The molecule has 0 amide bonds. The molecule has 0 aliphatic heterocycles. The van der Waals surface area contributed by atoms with E-state index in [-0.39, 0.29) is 0 Å². The van der Waals surface area contributed by atoms with E-state index in [2.05, 4.69) is 66.5 Å². The van der Waals surface area contributed by atoms with E-state index in [4.69, 9.17) is 0 Å². The van der Waals surface area contributed by atoms with Gasteiger partial charge in [0.15, 0.2) is 0 Å². The van der Waals surface area contributed by atoms with Crippen molar-refractivity contribution in [1.82, 2.24) is 0 Å². The Labute approximate surface area is 103 Å². The molecule has 0 aliphatic carbocycles. The maximum absolute atomic E-state index is 2.50. The fourth-order valence-corrected chi connectivity index (χ4v) is 8.10. The lowest BCUT2D eigenvalue weighted by Gasteiger charge is -2.13. The summed E-state index contributed by atoms with van der Waals surface area (Å²) in [4.78, 5) is 0. The van der Waals surface area contributed by atoms with Crippen molar-refractivity contribution in [3.63, 3.8) is 0 Å². The Balaban J connectivity index is 2.75. The molecule has 0 spiro atoms. The van der Waals surface area contributed by atoms with Crippen molar-refractivity contribution < 1.29 is 0 Å². The maximum atomic E-state index is 2.50. The highest BCUT2D eigenvalue weighted by Gasteiger charge is 2.23. The SMILES string of the molecule is C[Si](C)(C)c1sc2ccccc2c1I. The van der Waals surface area contributed by atoms with Crippen molar-refractivity contribution in [2.45, 2.75) is 19.6 Å². The average molecular weight is 332 g/mol. The zero-order valence-electron chi connectivity index (χ0n) is 8.60. The molecular formula is C11H13ISSi. The van der Waals surface area contributed by atoms with Crippen molar-refractivity contribution in [1.29, 1.82) is 0 Å². The van der Waals surface area contributed by atoms with Gasteiger partial charge in [0.2, 0.25) is 0 Å². The van der Waals surface area contributed by atoms with E-state index in [1.807, 2.05) is 11.3 Å². The Kier molecular flexibility index (Phi) is 2.74. The Morgan fingerprint density at radius 2 is 1.79 bits per heavy atom. The zero-order chi connectivity index (χ0) is 10.3. The molecule has 3 heteroatoms. The molecule has 0 radical (unpaired) electrons. The summed E-state index contributed by atoms with van der Waals surface area (Å²) in [7, 11) is -1.15. The Hall–Kier alpha value is 0.127. The predicted molar refractivity (Wildman–Crippen MR) is 77.5 cm³/mol. The molecule has 1 aromatic heterocycles. The molecular weight excluding hydrogens is 319 g/mol. The predicted octanol–water partition coefficient (Wildman–Crippen LogP) is 4.05. The molecule has 0 bridgehead atoms. The Morgan fingerprint density at radius 1 is 1.14 bits per heavy atom. The first-order chi connectivity index (χ1) is 6.50. The highest BCUT2D eigenvalue weighted by Crippen LogP contribution is 2.27. The Morgan fingerprint density at radius 3 is 2.36 bits per heavy atom. The highest BCUT2D eigenvalue weighted by atomic mass is 127. The van der Waals surface area contributed by atoms with E-state index in [1.165, 1.54) is 13.7 Å². The van der Waals surface area contributed by atoms with Crippen LogP contribution >= 0.6 is 33.9 Å². The van der Waals surface area contributed by atoms with Gasteiger partial charge >= 0.3 is 0 Å². The van der Waals surface area contributed by atoms with Crippen LogP contribution in [0.1, 0.15) is 0 Å². The van der Waals surface area contributed by atoms with Gasteiger partial charge in [-0.05, 0) is 28.7 Å². The van der Waals surface area contributed by atoms with Gasteiger partial charge in [-0.15, -0.1) is 11.3 Å². The minimum Gasteiger partial charge on any atom is -0.144 e. The van der Waals surface area contributed by atoms with E-state index >= 15 is 0 Å². The van der Waals surface area contributed by atoms with Crippen LogP contribution in [0.5, 0.6) is 0 Å². The Bertz CT molecular complexity index is 468. The lowest BCUT2D eigenvalue weighted by molar-refractivity contribution is 1.77. The lowest BCUT2D eigenvalue weighted by Crippen LogP contribution is -2.36. The van der Waals surface area contributed by atoms with Crippen LogP contribution < -0.4 is 4.50 Å². The molecule has 74 valence electrons. The first-order valence-electron chi connectivity index (χ1n) is 4.67. The fourth-order valence-electron chi connectivity index (χ4n) is 1.50. The van der Waals surface area contributed by atoms with E-state index < -0.39 is 8.07 Å². The third-order valence-corrected chi connectivity index (χ3v) is 8.95. The van der Waals surface area contributed by atoms with Gasteiger partial charge in [-0.3, -0.25) is 0 Å². The summed E-state index contributed by atoms with van der Waals surface area (Å²) in [5.74, 6) is 0. The third-order valence-electron chi connectivity index (χ3n) is 2.22. The van der Waals surface area contributed by atoms with Gasteiger partial charge in [0, 0.05) is 18.2 Å². The fraction of sp³-hybridized carbons (Fsp3) is 0.273. The van der Waals surface area contributed by atoms with Crippen molar-refractivity contribution in [3.8, 4) is 0 Å². The van der Waals surface area contributed by atoms with E-state index in [9.17, 15) is 0 Å². The molecule has 1 heterocycles. The van der Waals surface area contributed by atoms with Crippen molar-refractivity contribution in [3.05, 3.63) is 27.8 Å². The molecule has 2 rings (SSSR count). The molecule has 0 atom stereocenters. The number of benzene rings is 1. The normalized spacial score (nSPS) is 12.3. The number of hydrogen-bond acceptors (Lipinski definition) is 1. The molecule has 0 fully saturated rings. The summed E-state index contributed by atoms with van der Waals surface area (Å²) in [5, 5.41) is 1.44. The van der Waals surface area contributed by atoms with Gasteiger partial charge in [0.05, 0.1) is 8.07 Å². The molecule has 0 aliphatic rings. The minimum absolute atomic E-state index is 1.15. The number of halogens is 1. The van der Waals surface area contributed by atoms with Gasteiger partial charge in [0.1, 0.15) is 0 Å². The smallest absolute Gasteiger partial charge is 0.0918 e. The molecule has 0 saturated carbocycles. The molecule has 14 heavy (non-hydrogen) atoms. The zero-order valence-corrected chi connectivity index (χ0v) is 12.6. The van der Waals surface area contributed by atoms with Crippen LogP contribution in [-0.4, -0.2) is 8.07 Å². The molecule has 0 unspecified atom stereocenters. The molecule has 0 saturated heterocycles. The quantitative estimate of drug-likeness (QED) is 0.546. The highest BCUT2D eigenvalue weighted by molar-refractivity contribution is 14.1. The first-order valence-corrected chi connectivity index (χ1v) is 10.1. The summed E-state index contributed by atoms with van der Waals surface area (Å²) in [5.41, 5.74) is 0. The summed E-state index contributed by atoms with van der Waals surface area (Å²) >= 11 is 4.49. The van der Waals surface area contributed by atoms with Gasteiger partial charge in [0.25, 0.3) is 0 Å². The second-order valence-corrected chi connectivity index (χ2v) is 12.0. The van der Waals surface area contributed by atoms with Crippen LogP contribution in [0.3, 0.4) is 0 Å². The monoisotopic (exact) mass is 332 g/mol. The average Bonchev–Trinajstić information content (AvgIpc) is 2.44. The molecule has 1 aromatic carbocycles. The standard InChI is InChI=1S/C11H13ISSi/c1-14(2,3)11-10(12)8-6-4-5-7-9(8)13-11/h4-7H,1-3H3. The summed E-state index contributed by atoms with van der Waals surface area (Å²) in [6.07, 6.45) is 0. The molecule has 2 aromatic rings. The van der Waals surface area contributed by atoms with Crippen molar-refractivity contribution >= 4 is 56.6 Å². The largest absolute Gasteiger partial charge is 0.144 e. The summed E-state index contributed by atoms with van der Waals surface area (Å²) in [6, 6.07) is 8.72. The van der Waals surface area contributed by atoms with Crippen LogP contribution in [-0.2, 0) is 0 Å². The van der Waals surface area contributed by atoms with Gasteiger partial charge in [-0.2, -0.15) is 0 Å². The van der Waals surface area contributed by atoms with Crippen molar-refractivity contribution in [2.75, 3.05) is 0 Å². The van der Waals surface area contributed by atoms with Crippen LogP contribution in [0.4, 0.5) is 0 Å². The van der Waals surface area contributed by atoms with Crippen LogP contribution in [0.25, 0.3) is 10.1 Å². The van der Waals surface area contributed by atoms with Gasteiger partial charge in [-0.1, -0.05) is 37.8 Å². The first kappa shape index (κ1) is 10.6. The van der Waals surface area contributed by atoms with E-state index in [0.29, 0.717) is 0 Å². The third kappa shape index (κ3) is 1.77. The van der Waals surface area contributed by atoms with Crippen LogP contribution in [0.15, 0.2) is 24.3 Å². The minimum atomic E-state index is -1.15. The number of thiophene rings is 1. The van der Waals surface area contributed by atoms with Crippen molar-refractivity contribution in [2.24, 2.45) is 0 Å². The second kappa shape index (κ2) is 3.61. The summed E-state index contributed by atoms with van der Waals surface area (Å²) < 4.78 is 4.57. The number of fused-ring (bicyclic) bond motifs is 1. The summed E-state index contributed by atoms with van der Waals surface area (Å²) in [6.45, 7) is 7.25.